The molecule has 2 heterocycles. The van der Waals surface area contributed by atoms with E-state index < -0.39 is 5.41 Å². The van der Waals surface area contributed by atoms with E-state index in [2.05, 4.69) is 188 Å². The van der Waals surface area contributed by atoms with Gasteiger partial charge >= 0.3 is 0 Å². The Kier molecular flexibility index (Phi) is 6.20. The zero-order valence-corrected chi connectivity index (χ0v) is 28.3. The van der Waals surface area contributed by atoms with E-state index in [1.165, 1.54) is 38.9 Å². The Labute approximate surface area is 302 Å². The number of furan rings is 1. The first-order valence-electron chi connectivity index (χ1n) is 17.9. The largest absolute Gasteiger partial charge is 0.456 e. The zero-order valence-electron chi connectivity index (χ0n) is 28.3. The van der Waals surface area contributed by atoms with Crippen LogP contribution >= 0.6 is 0 Å². The van der Waals surface area contributed by atoms with Gasteiger partial charge in [-0.25, -0.2) is 4.98 Å². The van der Waals surface area contributed by atoms with Gasteiger partial charge in [0.05, 0.1) is 16.8 Å². The van der Waals surface area contributed by atoms with Crippen molar-refractivity contribution in [3.8, 4) is 67.2 Å². The second-order valence-electron chi connectivity index (χ2n) is 13.8. The highest BCUT2D eigenvalue weighted by atomic mass is 16.3. The predicted molar refractivity (Wildman–Crippen MR) is 212 cm³/mol. The summed E-state index contributed by atoms with van der Waals surface area (Å²) in [6.45, 7) is 0. The van der Waals surface area contributed by atoms with E-state index in [4.69, 9.17) is 9.40 Å². The maximum absolute atomic E-state index is 6.73. The van der Waals surface area contributed by atoms with Crippen LogP contribution in [-0.4, -0.2) is 4.98 Å². The van der Waals surface area contributed by atoms with Crippen molar-refractivity contribution in [1.29, 1.82) is 0 Å². The first kappa shape index (κ1) is 29.0. The Balaban J connectivity index is 1.17. The molecule has 0 fully saturated rings. The number of pyridine rings is 1. The number of aromatic nitrogens is 1. The molecule has 0 amide bonds. The summed E-state index contributed by atoms with van der Waals surface area (Å²) in [5.41, 5.74) is 17.9. The molecule has 2 heteroatoms. The molecule has 0 aliphatic heterocycles. The molecule has 242 valence electrons. The van der Waals surface area contributed by atoms with Crippen LogP contribution in [0.2, 0.25) is 0 Å². The van der Waals surface area contributed by atoms with Crippen LogP contribution in [0.25, 0.3) is 78.2 Å². The molecule has 2 nitrogen and oxygen atoms in total. The molecule has 7 aromatic carbocycles. The van der Waals surface area contributed by atoms with Crippen molar-refractivity contribution < 1.29 is 4.42 Å². The molecular formula is C50H31NO. The fourth-order valence-electron chi connectivity index (χ4n) is 8.94. The average molecular weight is 662 g/mol. The van der Waals surface area contributed by atoms with Crippen LogP contribution in [-0.2, 0) is 5.41 Å². The van der Waals surface area contributed by atoms with Gasteiger partial charge in [-0.3, -0.25) is 0 Å². The standard InChI is InChI=1S/C50H31NO/c1-3-15-32(16-4-1)35-30-45(33-17-5-2-6-18-33)51-46(31-35)39-21-8-7-19-36(39)34-27-28-38-37-20-9-12-24-42(37)50(44(38)29-34)43-25-13-10-22-40(43)49-48(50)41-23-11-14-26-47(41)52-49/h1-31H. The Bertz CT molecular complexity index is 2790. The second kappa shape index (κ2) is 11.1. The van der Waals surface area contributed by atoms with Crippen molar-refractivity contribution in [2.24, 2.45) is 0 Å². The first-order valence-corrected chi connectivity index (χ1v) is 17.9. The van der Waals surface area contributed by atoms with Crippen LogP contribution in [0.15, 0.2) is 192 Å². The molecule has 1 atom stereocenters. The van der Waals surface area contributed by atoms with E-state index in [-0.39, 0.29) is 0 Å². The van der Waals surface area contributed by atoms with Crippen molar-refractivity contribution in [3.63, 3.8) is 0 Å². The number of benzene rings is 7. The van der Waals surface area contributed by atoms with E-state index in [0.717, 1.165) is 61.5 Å². The van der Waals surface area contributed by atoms with Crippen molar-refractivity contribution in [1.82, 2.24) is 4.98 Å². The van der Waals surface area contributed by atoms with Gasteiger partial charge in [0.25, 0.3) is 0 Å². The fourth-order valence-corrected chi connectivity index (χ4v) is 8.94. The van der Waals surface area contributed by atoms with Gasteiger partial charge in [-0.2, -0.15) is 0 Å². The van der Waals surface area contributed by atoms with E-state index >= 15 is 0 Å². The summed E-state index contributed by atoms with van der Waals surface area (Å²) in [5.74, 6) is 0.973. The van der Waals surface area contributed by atoms with Gasteiger partial charge < -0.3 is 4.42 Å². The van der Waals surface area contributed by atoms with Gasteiger partial charge in [-0.1, -0.05) is 164 Å². The highest BCUT2D eigenvalue weighted by molar-refractivity contribution is 6.02. The molecule has 1 unspecified atom stereocenters. The predicted octanol–water partition coefficient (Wildman–Crippen LogP) is 12.8. The molecule has 2 aliphatic rings. The van der Waals surface area contributed by atoms with Gasteiger partial charge in [0.15, 0.2) is 0 Å². The SMILES string of the molecule is c1ccc(-c2cc(-c3ccccc3)nc(-c3ccccc3-c3ccc4c(c3)C3(c5ccccc5-4)c4ccccc4-c4oc5ccccc5c43)c2)cc1. The molecule has 0 radical (unpaired) electrons. The van der Waals surface area contributed by atoms with Gasteiger partial charge in [0, 0.05) is 27.6 Å². The van der Waals surface area contributed by atoms with Crippen LogP contribution in [0.1, 0.15) is 22.3 Å². The lowest BCUT2D eigenvalue weighted by Crippen LogP contribution is -2.25. The Morgan fingerprint density at radius 2 is 0.942 bits per heavy atom. The van der Waals surface area contributed by atoms with E-state index in [9.17, 15) is 0 Å². The van der Waals surface area contributed by atoms with Gasteiger partial charge in [0.1, 0.15) is 11.3 Å². The third-order valence-corrected chi connectivity index (χ3v) is 11.1. The highest BCUT2D eigenvalue weighted by Gasteiger charge is 2.54. The summed E-state index contributed by atoms with van der Waals surface area (Å²) < 4.78 is 6.73. The summed E-state index contributed by atoms with van der Waals surface area (Å²) in [6, 6.07) is 67.6. The normalized spacial score (nSPS) is 15.0. The van der Waals surface area contributed by atoms with Crippen LogP contribution in [0.4, 0.5) is 0 Å². The molecule has 0 saturated carbocycles. The summed E-state index contributed by atoms with van der Waals surface area (Å²) in [5, 5.41) is 1.16. The third-order valence-electron chi connectivity index (χ3n) is 11.1. The smallest absolute Gasteiger partial charge is 0.140 e. The van der Waals surface area contributed by atoms with Gasteiger partial charge in [-0.05, 0) is 74.3 Å². The maximum atomic E-state index is 6.73. The minimum atomic E-state index is -0.513. The van der Waals surface area contributed by atoms with E-state index in [1.807, 2.05) is 0 Å². The van der Waals surface area contributed by atoms with Crippen LogP contribution in [0.3, 0.4) is 0 Å². The van der Waals surface area contributed by atoms with Crippen molar-refractivity contribution in [3.05, 3.63) is 210 Å². The summed E-state index contributed by atoms with van der Waals surface area (Å²) in [4.78, 5) is 5.34. The summed E-state index contributed by atoms with van der Waals surface area (Å²) in [7, 11) is 0. The Morgan fingerprint density at radius 1 is 0.365 bits per heavy atom. The topological polar surface area (TPSA) is 26.0 Å². The monoisotopic (exact) mass is 661 g/mol. The molecule has 2 aromatic heterocycles. The van der Waals surface area contributed by atoms with E-state index in [1.54, 1.807) is 0 Å². The minimum absolute atomic E-state index is 0.513. The van der Waals surface area contributed by atoms with Crippen molar-refractivity contribution in [2.45, 2.75) is 5.41 Å². The molecule has 0 N–H and O–H groups in total. The first-order chi connectivity index (χ1) is 25.8. The second-order valence-corrected chi connectivity index (χ2v) is 13.8. The van der Waals surface area contributed by atoms with Crippen molar-refractivity contribution >= 4 is 11.0 Å². The fraction of sp³-hybridized carbons (Fsp3) is 0.0200. The molecule has 0 bridgehead atoms. The summed E-state index contributed by atoms with van der Waals surface area (Å²) >= 11 is 0. The van der Waals surface area contributed by atoms with Crippen LogP contribution in [0, 0.1) is 0 Å². The third kappa shape index (κ3) is 4.03. The highest BCUT2D eigenvalue weighted by Crippen LogP contribution is 2.65. The van der Waals surface area contributed by atoms with Gasteiger partial charge in [0.2, 0.25) is 0 Å². The quantitative estimate of drug-likeness (QED) is 0.188. The number of hydrogen-bond donors (Lipinski definition) is 0. The maximum Gasteiger partial charge on any atom is 0.140 e. The molecule has 2 aliphatic carbocycles. The van der Waals surface area contributed by atoms with Crippen molar-refractivity contribution in [2.75, 3.05) is 0 Å². The van der Waals surface area contributed by atoms with Gasteiger partial charge in [-0.15, -0.1) is 0 Å². The molecule has 9 aromatic rings. The summed E-state index contributed by atoms with van der Waals surface area (Å²) in [6.07, 6.45) is 0. The Hall–Kier alpha value is -6.77. The van der Waals surface area contributed by atoms with Crippen LogP contribution < -0.4 is 0 Å². The molecule has 0 saturated heterocycles. The minimum Gasteiger partial charge on any atom is -0.456 e. The number of hydrogen-bond acceptors (Lipinski definition) is 2. The number of para-hydroxylation sites is 1. The van der Waals surface area contributed by atoms with Crippen LogP contribution in [0.5, 0.6) is 0 Å². The molecule has 1 spiro atoms. The number of rotatable bonds is 4. The van der Waals surface area contributed by atoms with E-state index in [0.29, 0.717) is 0 Å². The Morgan fingerprint density at radius 3 is 1.73 bits per heavy atom. The lowest BCUT2D eigenvalue weighted by molar-refractivity contribution is 0.628. The average Bonchev–Trinajstić information content (AvgIpc) is 3.85. The molecule has 52 heavy (non-hydrogen) atoms. The zero-order chi connectivity index (χ0) is 34.2. The number of nitrogens with zero attached hydrogens (tertiary/aromatic N) is 1. The molecular weight excluding hydrogens is 631 g/mol. The lowest BCUT2D eigenvalue weighted by atomic mass is 9.69. The number of fused-ring (bicyclic) bond motifs is 12. The lowest BCUT2D eigenvalue weighted by Gasteiger charge is -2.30. The molecule has 11 rings (SSSR count).